The number of aromatic hydroxyl groups is 2. The van der Waals surface area contributed by atoms with Crippen LogP contribution in [0.25, 0.3) is 0 Å². The van der Waals surface area contributed by atoms with Crippen molar-refractivity contribution in [3.8, 4) is 28.7 Å². The zero-order valence-corrected chi connectivity index (χ0v) is 21.4. The minimum atomic E-state index is 0.0337. The van der Waals surface area contributed by atoms with Crippen molar-refractivity contribution in [3.05, 3.63) is 77.9 Å². The summed E-state index contributed by atoms with van der Waals surface area (Å²) >= 11 is 0. The first-order valence-electron chi connectivity index (χ1n) is 11.6. The van der Waals surface area contributed by atoms with E-state index in [-0.39, 0.29) is 17.4 Å². The van der Waals surface area contributed by atoms with Crippen LogP contribution < -0.4 is 30.4 Å². The summed E-state index contributed by atoms with van der Waals surface area (Å²) < 4.78 is 15.8. The van der Waals surface area contributed by atoms with Crippen molar-refractivity contribution in [2.45, 2.75) is 0 Å². The number of methoxy groups -OCH3 is 3. The third-order valence-electron chi connectivity index (χ3n) is 5.32. The van der Waals surface area contributed by atoms with Gasteiger partial charge in [0.15, 0.2) is 5.82 Å². The second-order valence-corrected chi connectivity index (χ2v) is 7.88. The summed E-state index contributed by atoms with van der Waals surface area (Å²) in [6, 6.07) is 18.6. The van der Waals surface area contributed by atoms with Crippen LogP contribution in [-0.2, 0) is 0 Å². The Morgan fingerprint density at radius 3 is 1.90 bits per heavy atom. The summed E-state index contributed by atoms with van der Waals surface area (Å²) in [5, 5.41) is 31.7. The maximum Gasteiger partial charge on any atom is 0.247 e. The molecule has 1 aromatic heterocycles. The summed E-state index contributed by atoms with van der Waals surface area (Å²) in [7, 11) is 4.65. The van der Waals surface area contributed by atoms with E-state index in [9.17, 15) is 10.2 Å². The Hall–Kier alpha value is -5.52. The lowest BCUT2D eigenvalue weighted by Crippen LogP contribution is -2.04. The molecule has 0 saturated carbocycles. The third-order valence-corrected chi connectivity index (χ3v) is 5.32. The predicted molar refractivity (Wildman–Crippen MR) is 150 cm³/mol. The first kappa shape index (κ1) is 26.5. The summed E-state index contributed by atoms with van der Waals surface area (Å²) in [5.74, 6) is 2.72. The van der Waals surface area contributed by atoms with E-state index in [0.717, 1.165) is 0 Å². The molecule has 12 heteroatoms. The number of ether oxygens (including phenoxy) is 3. The van der Waals surface area contributed by atoms with Crippen molar-refractivity contribution in [3.63, 3.8) is 0 Å². The van der Waals surface area contributed by atoms with Crippen LogP contribution in [0, 0.1) is 0 Å². The van der Waals surface area contributed by atoms with Gasteiger partial charge in [0.05, 0.1) is 39.4 Å². The van der Waals surface area contributed by atoms with E-state index in [0.29, 0.717) is 45.7 Å². The molecule has 5 N–H and O–H groups in total. The van der Waals surface area contributed by atoms with Crippen LogP contribution in [0.5, 0.6) is 28.7 Å². The number of hydrazone groups is 2. The lowest BCUT2D eigenvalue weighted by atomic mass is 10.2. The molecule has 0 aliphatic rings. The minimum absolute atomic E-state index is 0.0337. The lowest BCUT2D eigenvalue weighted by Gasteiger charge is -2.12. The molecule has 0 radical (unpaired) electrons. The number of nitrogens with one attached hydrogen (secondary N) is 3. The van der Waals surface area contributed by atoms with Gasteiger partial charge in [-0.15, -0.1) is 0 Å². The number of hydrogen-bond acceptors (Lipinski definition) is 12. The molecule has 0 aliphatic carbocycles. The first-order chi connectivity index (χ1) is 19.0. The van der Waals surface area contributed by atoms with Crippen molar-refractivity contribution >= 4 is 35.7 Å². The van der Waals surface area contributed by atoms with Gasteiger partial charge < -0.3 is 29.7 Å². The van der Waals surface area contributed by atoms with Gasteiger partial charge in [0.2, 0.25) is 5.95 Å². The molecule has 200 valence electrons. The van der Waals surface area contributed by atoms with Gasteiger partial charge in [0.25, 0.3) is 0 Å². The van der Waals surface area contributed by atoms with Crippen LogP contribution in [-0.4, -0.2) is 53.9 Å². The summed E-state index contributed by atoms with van der Waals surface area (Å²) in [6.45, 7) is 0. The molecule has 4 aromatic rings. The molecule has 4 rings (SSSR count). The molecule has 0 atom stereocenters. The lowest BCUT2D eigenvalue weighted by molar-refractivity contribution is 0.412. The normalized spacial score (nSPS) is 10.9. The molecule has 0 saturated heterocycles. The topological polar surface area (TPSA) is 155 Å². The Kier molecular flexibility index (Phi) is 8.60. The number of para-hydroxylation sites is 2. The summed E-state index contributed by atoms with van der Waals surface area (Å²) in [5.41, 5.74) is 7.16. The van der Waals surface area contributed by atoms with Crippen LogP contribution in [0.4, 0.5) is 23.3 Å². The Labute approximate surface area is 224 Å². The molecule has 0 fully saturated rings. The van der Waals surface area contributed by atoms with E-state index in [1.54, 1.807) is 37.4 Å². The fraction of sp³-hybridized carbons (Fsp3) is 0.111. The number of anilines is 4. The molecule has 0 bridgehead atoms. The molecule has 0 amide bonds. The van der Waals surface area contributed by atoms with E-state index in [4.69, 9.17) is 14.2 Å². The van der Waals surface area contributed by atoms with E-state index < -0.39 is 0 Å². The van der Waals surface area contributed by atoms with Crippen LogP contribution in [0.1, 0.15) is 11.1 Å². The van der Waals surface area contributed by atoms with Crippen molar-refractivity contribution < 1.29 is 24.4 Å². The second kappa shape index (κ2) is 12.6. The molecule has 0 spiro atoms. The Morgan fingerprint density at radius 1 is 0.692 bits per heavy atom. The van der Waals surface area contributed by atoms with Crippen molar-refractivity contribution in [1.29, 1.82) is 0 Å². The SMILES string of the molecule is COc1ccc(O)c(C=NNc2cc(Nc3ccccc3OC)nc(NN=Cc3cc(OC)ccc3O)n2)c1. The maximum atomic E-state index is 10.1. The average molecular weight is 530 g/mol. The zero-order valence-electron chi connectivity index (χ0n) is 21.4. The number of aromatic nitrogens is 2. The minimum Gasteiger partial charge on any atom is -0.507 e. The van der Waals surface area contributed by atoms with E-state index in [1.165, 1.54) is 38.8 Å². The van der Waals surface area contributed by atoms with Crippen LogP contribution in [0.15, 0.2) is 76.9 Å². The fourth-order valence-electron chi connectivity index (χ4n) is 3.36. The number of nitrogens with zero attached hydrogens (tertiary/aromatic N) is 4. The number of phenolic OH excluding ortho intramolecular Hbond substituents is 2. The molecular formula is C27H27N7O5. The van der Waals surface area contributed by atoms with E-state index in [1.807, 2.05) is 24.3 Å². The van der Waals surface area contributed by atoms with Gasteiger partial charge >= 0.3 is 0 Å². The monoisotopic (exact) mass is 529 g/mol. The van der Waals surface area contributed by atoms with Gasteiger partial charge in [0.1, 0.15) is 34.6 Å². The Bertz CT molecular complexity index is 1410. The van der Waals surface area contributed by atoms with E-state index in [2.05, 4.69) is 36.3 Å². The van der Waals surface area contributed by atoms with Crippen LogP contribution >= 0.6 is 0 Å². The molecule has 12 nitrogen and oxygen atoms in total. The molecule has 3 aromatic carbocycles. The molecule has 1 heterocycles. The molecular weight excluding hydrogens is 502 g/mol. The highest BCUT2D eigenvalue weighted by Gasteiger charge is 2.08. The maximum absolute atomic E-state index is 10.1. The van der Waals surface area contributed by atoms with Gasteiger partial charge in [-0.05, 0) is 48.5 Å². The van der Waals surface area contributed by atoms with E-state index >= 15 is 0 Å². The van der Waals surface area contributed by atoms with Gasteiger partial charge in [-0.3, -0.25) is 5.43 Å². The Morgan fingerprint density at radius 2 is 1.28 bits per heavy atom. The average Bonchev–Trinajstić information content (AvgIpc) is 2.95. The molecule has 0 aliphatic heterocycles. The molecule has 0 unspecified atom stereocenters. The van der Waals surface area contributed by atoms with Gasteiger partial charge in [-0.2, -0.15) is 20.2 Å². The Balaban J connectivity index is 1.59. The fourth-order valence-corrected chi connectivity index (χ4v) is 3.36. The standard InChI is InChI=1S/C27H27N7O5/c1-37-19-8-10-22(35)17(12-19)15-28-33-26-14-25(30-21-6-4-5-7-24(21)39-3)31-27(32-26)34-29-16-18-13-20(38-2)9-11-23(18)36/h4-16,35-36H,1-3H3,(H3,30,31,32,33,34). The van der Waals surface area contributed by atoms with Gasteiger partial charge in [-0.25, -0.2) is 5.43 Å². The first-order valence-corrected chi connectivity index (χ1v) is 11.6. The largest absolute Gasteiger partial charge is 0.507 e. The highest BCUT2D eigenvalue weighted by atomic mass is 16.5. The van der Waals surface area contributed by atoms with Crippen molar-refractivity contribution in [1.82, 2.24) is 9.97 Å². The number of phenols is 2. The summed E-state index contributed by atoms with van der Waals surface area (Å²) in [4.78, 5) is 8.84. The van der Waals surface area contributed by atoms with Crippen LogP contribution in [0.2, 0.25) is 0 Å². The highest BCUT2D eigenvalue weighted by Crippen LogP contribution is 2.28. The van der Waals surface area contributed by atoms with Crippen molar-refractivity contribution in [2.75, 3.05) is 37.5 Å². The number of benzene rings is 3. The predicted octanol–water partition coefficient (Wildman–Crippen LogP) is 4.55. The van der Waals surface area contributed by atoms with Crippen LogP contribution in [0.3, 0.4) is 0 Å². The molecule has 39 heavy (non-hydrogen) atoms. The highest BCUT2D eigenvalue weighted by molar-refractivity contribution is 5.85. The number of hydrogen-bond donors (Lipinski definition) is 5. The zero-order chi connectivity index (χ0) is 27.6. The third kappa shape index (κ3) is 7.04. The quantitative estimate of drug-likeness (QED) is 0.138. The van der Waals surface area contributed by atoms with Crippen molar-refractivity contribution in [2.24, 2.45) is 10.2 Å². The number of rotatable bonds is 11. The van der Waals surface area contributed by atoms with Gasteiger partial charge in [-0.1, -0.05) is 12.1 Å². The summed E-state index contributed by atoms with van der Waals surface area (Å²) in [6.07, 6.45) is 2.85. The smallest absolute Gasteiger partial charge is 0.247 e. The van der Waals surface area contributed by atoms with Gasteiger partial charge in [0, 0.05) is 17.2 Å². The second-order valence-electron chi connectivity index (χ2n) is 7.88.